The maximum atomic E-state index is 12.5. The first-order valence-electron chi connectivity index (χ1n) is 9.69. The third kappa shape index (κ3) is 5.85. The zero-order chi connectivity index (χ0) is 20.6. The van der Waals surface area contributed by atoms with Gasteiger partial charge in [-0.2, -0.15) is 0 Å². The van der Waals surface area contributed by atoms with Crippen molar-refractivity contribution in [2.75, 3.05) is 13.1 Å². The molecule has 0 aromatic rings. The molecule has 2 unspecified atom stereocenters. The normalized spacial score (nSPS) is 27.4. The molecule has 0 N–H and O–H groups in total. The minimum atomic E-state index is -0.577. The molecular formula is C19H34BNO6. The van der Waals surface area contributed by atoms with Gasteiger partial charge in [-0.1, -0.05) is 0 Å². The highest BCUT2D eigenvalue weighted by Crippen LogP contribution is 2.39. The third-order valence-electron chi connectivity index (χ3n) is 5.31. The van der Waals surface area contributed by atoms with E-state index in [1.54, 1.807) is 4.90 Å². The molecule has 2 aliphatic heterocycles. The highest BCUT2D eigenvalue weighted by Gasteiger charge is 2.52. The Labute approximate surface area is 163 Å². The van der Waals surface area contributed by atoms with E-state index in [1.807, 2.05) is 48.5 Å². The van der Waals surface area contributed by atoms with Crippen LogP contribution < -0.4 is 0 Å². The van der Waals surface area contributed by atoms with Crippen LogP contribution in [-0.2, 0) is 23.6 Å². The van der Waals surface area contributed by atoms with Crippen molar-refractivity contribution in [2.45, 2.75) is 91.0 Å². The van der Waals surface area contributed by atoms with E-state index in [4.69, 9.17) is 18.8 Å². The van der Waals surface area contributed by atoms with Crippen LogP contribution in [0.2, 0.25) is 6.32 Å². The lowest BCUT2D eigenvalue weighted by atomic mass is 9.74. The van der Waals surface area contributed by atoms with Gasteiger partial charge < -0.3 is 23.7 Å². The molecule has 0 aromatic carbocycles. The van der Waals surface area contributed by atoms with E-state index in [-0.39, 0.29) is 25.1 Å². The molecular weight excluding hydrogens is 349 g/mol. The van der Waals surface area contributed by atoms with E-state index in [9.17, 15) is 9.59 Å². The largest absolute Gasteiger partial charge is 0.461 e. The van der Waals surface area contributed by atoms with Crippen molar-refractivity contribution in [2.24, 2.45) is 5.92 Å². The lowest BCUT2D eigenvalue weighted by Gasteiger charge is -2.38. The predicted molar refractivity (Wildman–Crippen MR) is 102 cm³/mol. The molecule has 2 atom stereocenters. The number of carbonyl (C=O) groups is 2. The third-order valence-corrected chi connectivity index (χ3v) is 5.31. The van der Waals surface area contributed by atoms with E-state index >= 15 is 0 Å². The summed E-state index contributed by atoms with van der Waals surface area (Å²) < 4.78 is 23.1. The molecule has 0 aromatic heterocycles. The molecule has 1 amide bonds. The lowest BCUT2D eigenvalue weighted by Crippen LogP contribution is -2.49. The summed E-state index contributed by atoms with van der Waals surface area (Å²) in [6.07, 6.45) is 0.557. The molecule has 0 aliphatic carbocycles. The van der Waals surface area contributed by atoms with E-state index < -0.39 is 22.9 Å². The van der Waals surface area contributed by atoms with E-state index in [1.165, 1.54) is 6.92 Å². The van der Waals surface area contributed by atoms with Crippen molar-refractivity contribution in [3.05, 3.63) is 0 Å². The van der Waals surface area contributed by atoms with Gasteiger partial charge in [0.2, 0.25) is 0 Å². The van der Waals surface area contributed by atoms with Crippen LogP contribution in [0, 0.1) is 5.92 Å². The van der Waals surface area contributed by atoms with Crippen molar-refractivity contribution in [3.63, 3.8) is 0 Å². The van der Waals surface area contributed by atoms with E-state index in [0.29, 0.717) is 25.8 Å². The van der Waals surface area contributed by atoms with Crippen molar-refractivity contribution in [1.29, 1.82) is 0 Å². The van der Waals surface area contributed by atoms with Crippen molar-refractivity contribution < 1.29 is 28.4 Å². The molecule has 7 nitrogen and oxygen atoms in total. The molecule has 2 rings (SSSR count). The summed E-state index contributed by atoms with van der Waals surface area (Å²) in [4.78, 5) is 25.6. The second-order valence-corrected chi connectivity index (χ2v) is 9.64. The van der Waals surface area contributed by atoms with Crippen LogP contribution in [0.25, 0.3) is 0 Å². The van der Waals surface area contributed by atoms with Crippen LogP contribution in [-0.4, -0.2) is 60.1 Å². The second-order valence-electron chi connectivity index (χ2n) is 9.64. The average molecular weight is 383 g/mol. The Bertz CT molecular complexity index is 555. The monoisotopic (exact) mass is 383 g/mol. The Morgan fingerprint density at radius 3 is 2.15 bits per heavy atom. The molecule has 154 valence electrons. The molecule has 2 fully saturated rings. The Kier molecular flexibility index (Phi) is 6.22. The number of amides is 1. The van der Waals surface area contributed by atoms with Crippen LogP contribution in [0.3, 0.4) is 0 Å². The number of rotatable bonds is 3. The zero-order valence-corrected chi connectivity index (χ0v) is 18.0. The maximum absolute atomic E-state index is 12.5. The zero-order valence-electron chi connectivity index (χ0n) is 18.0. The molecule has 2 aliphatic rings. The smallest absolute Gasteiger partial charge is 0.458 e. The van der Waals surface area contributed by atoms with Crippen LogP contribution in [0.1, 0.15) is 61.8 Å². The standard InChI is InChI=1S/C19H34BNO6/c1-13(22)24-15-9-14(10-20-26-18(5,6)19(7,8)27-20)11-21(12-15)16(23)25-17(2,3)4/h14-15H,9-12H2,1-8H3. The minimum Gasteiger partial charge on any atom is -0.461 e. The summed E-state index contributed by atoms with van der Waals surface area (Å²) in [6, 6.07) is 0. The first-order chi connectivity index (χ1) is 12.2. The Hall–Kier alpha value is -1.28. The average Bonchev–Trinajstić information content (AvgIpc) is 2.62. The first kappa shape index (κ1) is 22.0. The number of hydrogen-bond acceptors (Lipinski definition) is 6. The second kappa shape index (κ2) is 7.62. The Morgan fingerprint density at radius 2 is 1.67 bits per heavy atom. The fraction of sp³-hybridized carbons (Fsp3) is 0.895. The number of carbonyl (C=O) groups excluding carboxylic acids is 2. The minimum absolute atomic E-state index is 0.0883. The summed E-state index contributed by atoms with van der Waals surface area (Å²) in [5.74, 6) is -0.259. The topological polar surface area (TPSA) is 74.3 Å². The highest BCUT2D eigenvalue weighted by atomic mass is 16.7. The summed E-state index contributed by atoms with van der Waals surface area (Å²) >= 11 is 0. The molecule has 0 bridgehead atoms. The van der Waals surface area contributed by atoms with Gasteiger partial charge in [0, 0.05) is 13.5 Å². The maximum Gasteiger partial charge on any atom is 0.458 e. The number of piperidine rings is 1. The van der Waals surface area contributed by atoms with E-state index in [0.717, 1.165) is 0 Å². The Morgan fingerprint density at radius 1 is 1.11 bits per heavy atom. The van der Waals surface area contributed by atoms with Gasteiger partial charge >= 0.3 is 19.2 Å². The SMILES string of the molecule is CC(=O)OC1CC(CB2OC(C)(C)C(C)(C)O2)CN(C(=O)OC(C)(C)C)C1. The van der Waals surface area contributed by atoms with Crippen molar-refractivity contribution in [3.8, 4) is 0 Å². The summed E-state index contributed by atoms with van der Waals surface area (Å²) in [6.45, 7) is 15.8. The molecule has 2 heterocycles. The Balaban J connectivity index is 2.06. The van der Waals surface area contributed by atoms with Gasteiger partial charge in [-0.05, 0) is 67.1 Å². The number of esters is 1. The quantitative estimate of drug-likeness (QED) is 0.550. The number of ether oxygens (including phenoxy) is 2. The fourth-order valence-electron chi connectivity index (χ4n) is 3.45. The highest BCUT2D eigenvalue weighted by molar-refractivity contribution is 6.45. The fourth-order valence-corrected chi connectivity index (χ4v) is 3.45. The van der Waals surface area contributed by atoms with Gasteiger partial charge in [0.1, 0.15) is 11.7 Å². The van der Waals surface area contributed by atoms with Crippen LogP contribution in [0.4, 0.5) is 4.79 Å². The number of likely N-dealkylation sites (tertiary alicyclic amines) is 1. The van der Waals surface area contributed by atoms with Gasteiger partial charge in [0.25, 0.3) is 0 Å². The van der Waals surface area contributed by atoms with Crippen molar-refractivity contribution >= 4 is 19.2 Å². The summed E-state index contributed by atoms with van der Waals surface area (Å²) in [5, 5.41) is 0. The van der Waals surface area contributed by atoms with Crippen molar-refractivity contribution in [1.82, 2.24) is 4.90 Å². The molecule has 8 heteroatoms. The van der Waals surface area contributed by atoms with Crippen LogP contribution in [0.5, 0.6) is 0 Å². The molecule has 0 radical (unpaired) electrons. The van der Waals surface area contributed by atoms with Gasteiger partial charge in [-0.3, -0.25) is 4.79 Å². The van der Waals surface area contributed by atoms with Gasteiger partial charge in [-0.25, -0.2) is 4.79 Å². The summed E-state index contributed by atoms with van der Waals surface area (Å²) in [5.41, 5.74) is -1.37. The molecule has 0 saturated carbocycles. The first-order valence-corrected chi connectivity index (χ1v) is 9.69. The van der Waals surface area contributed by atoms with Crippen LogP contribution in [0.15, 0.2) is 0 Å². The van der Waals surface area contributed by atoms with Gasteiger partial charge in [0.05, 0.1) is 17.7 Å². The molecule has 2 saturated heterocycles. The van der Waals surface area contributed by atoms with Gasteiger partial charge in [0.15, 0.2) is 0 Å². The molecule has 27 heavy (non-hydrogen) atoms. The van der Waals surface area contributed by atoms with Crippen LogP contribution >= 0.6 is 0 Å². The van der Waals surface area contributed by atoms with Gasteiger partial charge in [-0.15, -0.1) is 0 Å². The molecule has 0 spiro atoms. The lowest BCUT2D eigenvalue weighted by molar-refractivity contribution is -0.149. The number of nitrogens with zero attached hydrogens (tertiary/aromatic N) is 1. The van der Waals surface area contributed by atoms with E-state index in [2.05, 4.69) is 0 Å². The summed E-state index contributed by atoms with van der Waals surface area (Å²) in [7, 11) is -0.350. The number of hydrogen-bond donors (Lipinski definition) is 0. The predicted octanol–water partition coefficient (Wildman–Crippen LogP) is 3.27.